The van der Waals surface area contributed by atoms with Crippen molar-refractivity contribution in [3.05, 3.63) is 60.3 Å². The minimum absolute atomic E-state index is 0.0326. The molecule has 0 aliphatic carbocycles. The minimum atomic E-state index is -1.00. The Morgan fingerprint density at radius 2 is 1.85 bits per heavy atom. The number of methoxy groups -OCH3 is 2. The Balaban J connectivity index is 2.82. The average molecular weight is 364 g/mol. The summed E-state index contributed by atoms with van der Waals surface area (Å²) in [6.45, 7) is -0.597. The summed E-state index contributed by atoms with van der Waals surface area (Å²) in [6.07, 6.45) is 0. The number of nitro groups is 1. The van der Waals surface area contributed by atoms with E-state index in [-0.39, 0.29) is 11.4 Å². The predicted octanol–water partition coefficient (Wildman–Crippen LogP) is 0.0920. The van der Waals surface area contributed by atoms with Crippen molar-refractivity contribution in [1.29, 1.82) is 0 Å². The monoisotopic (exact) mass is 364 g/mol. The first-order valence-corrected chi connectivity index (χ1v) is 7.62. The summed E-state index contributed by atoms with van der Waals surface area (Å²) in [4.78, 5) is 35.4. The van der Waals surface area contributed by atoms with Crippen LogP contribution in [0.1, 0.15) is 17.0 Å². The van der Waals surface area contributed by atoms with Crippen LogP contribution in [0, 0.1) is 10.1 Å². The van der Waals surface area contributed by atoms with Gasteiger partial charge in [-0.3, -0.25) is 24.0 Å². The zero-order valence-electron chi connectivity index (χ0n) is 14.9. The van der Waals surface area contributed by atoms with E-state index in [9.17, 15) is 19.7 Å². The zero-order chi connectivity index (χ0) is 19.6. The highest BCUT2D eigenvalue weighted by Crippen LogP contribution is 2.35. The molecule has 0 unspecified atom stereocenters. The fourth-order valence-corrected chi connectivity index (χ4v) is 2.81. The van der Waals surface area contributed by atoms with Gasteiger partial charge in [0.15, 0.2) is 0 Å². The minimum Gasteiger partial charge on any atom is -0.497 e. The summed E-state index contributed by atoms with van der Waals surface area (Å²) < 4.78 is 12.4. The fourth-order valence-electron chi connectivity index (χ4n) is 2.81. The third kappa shape index (κ3) is 3.25. The topological polar surface area (TPSA) is 132 Å². The second kappa shape index (κ2) is 7.30. The Morgan fingerprint density at radius 3 is 2.38 bits per heavy atom. The molecule has 0 spiro atoms. The Morgan fingerprint density at radius 1 is 1.19 bits per heavy atom. The molecule has 0 aliphatic heterocycles. The van der Waals surface area contributed by atoms with E-state index in [0.29, 0.717) is 17.1 Å². The van der Waals surface area contributed by atoms with Crippen molar-refractivity contribution in [1.82, 2.24) is 9.13 Å². The molecule has 140 valence electrons. The molecule has 0 saturated heterocycles. The third-order valence-corrected chi connectivity index (χ3v) is 4.24. The molecule has 2 aromatic rings. The third-order valence-electron chi connectivity index (χ3n) is 4.24. The molecule has 0 saturated carbocycles. The molecular formula is C16H20N4O6. The maximum Gasteiger partial charge on any atom is 0.332 e. The molecule has 1 heterocycles. The van der Waals surface area contributed by atoms with Crippen LogP contribution >= 0.6 is 0 Å². The highest BCUT2D eigenvalue weighted by atomic mass is 16.6. The van der Waals surface area contributed by atoms with Crippen LogP contribution in [0.15, 0.2) is 27.8 Å². The van der Waals surface area contributed by atoms with E-state index >= 15 is 0 Å². The number of hydrogen-bond acceptors (Lipinski definition) is 7. The number of rotatable bonds is 6. The van der Waals surface area contributed by atoms with Crippen LogP contribution in [-0.4, -0.2) is 34.8 Å². The van der Waals surface area contributed by atoms with Gasteiger partial charge in [-0.15, -0.1) is 0 Å². The van der Waals surface area contributed by atoms with E-state index in [1.807, 2.05) is 0 Å². The Hall–Kier alpha value is -3.30. The lowest BCUT2D eigenvalue weighted by Crippen LogP contribution is -2.42. The molecular weight excluding hydrogens is 344 g/mol. The number of nitrogens with zero attached hydrogens (tertiary/aromatic N) is 3. The van der Waals surface area contributed by atoms with Crippen LogP contribution < -0.4 is 26.5 Å². The maximum atomic E-state index is 12.7. The van der Waals surface area contributed by atoms with Gasteiger partial charge in [0, 0.05) is 30.6 Å². The van der Waals surface area contributed by atoms with Gasteiger partial charge in [0.25, 0.3) is 5.56 Å². The van der Waals surface area contributed by atoms with E-state index in [4.69, 9.17) is 15.2 Å². The van der Waals surface area contributed by atoms with Crippen LogP contribution in [0.2, 0.25) is 0 Å². The fraction of sp³-hybridized carbons (Fsp3) is 0.375. The van der Waals surface area contributed by atoms with Gasteiger partial charge in [-0.1, -0.05) is 6.07 Å². The normalized spacial score (nSPS) is 11.8. The van der Waals surface area contributed by atoms with E-state index in [0.717, 1.165) is 9.13 Å². The summed E-state index contributed by atoms with van der Waals surface area (Å²) in [6, 6.07) is 4.74. The molecule has 0 bridgehead atoms. The number of nitrogens with two attached hydrogens (primary N) is 1. The van der Waals surface area contributed by atoms with Crippen LogP contribution in [-0.2, 0) is 14.1 Å². The molecule has 10 nitrogen and oxygen atoms in total. The molecule has 1 aromatic carbocycles. The van der Waals surface area contributed by atoms with Crippen molar-refractivity contribution in [2.45, 2.75) is 5.92 Å². The number of nitrogen functional groups attached to an aromatic ring is 1. The lowest BCUT2D eigenvalue weighted by Gasteiger charge is -2.20. The molecule has 0 aliphatic rings. The highest BCUT2D eigenvalue weighted by Gasteiger charge is 2.30. The summed E-state index contributed by atoms with van der Waals surface area (Å²) in [5.74, 6) is -0.322. The van der Waals surface area contributed by atoms with Crippen LogP contribution in [0.3, 0.4) is 0 Å². The van der Waals surface area contributed by atoms with Gasteiger partial charge in [0.05, 0.1) is 25.7 Å². The summed E-state index contributed by atoms with van der Waals surface area (Å²) in [5, 5.41) is 11.3. The van der Waals surface area contributed by atoms with Gasteiger partial charge in [-0.05, 0) is 6.07 Å². The summed E-state index contributed by atoms with van der Waals surface area (Å²) in [5.41, 5.74) is 5.04. The summed E-state index contributed by atoms with van der Waals surface area (Å²) >= 11 is 0. The molecule has 0 amide bonds. The second-order valence-corrected chi connectivity index (χ2v) is 5.68. The van der Waals surface area contributed by atoms with Gasteiger partial charge in [-0.2, -0.15) is 0 Å². The van der Waals surface area contributed by atoms with E-state index in [1.165, 1.54) is 28.3 Å². The Kier molecular flexibility index (Phi) is 5.34. The van der Waals surface area contributed by atoms with Crippen molar-refractivity contribution in [3.63, 3.8) is 0 Å². The van der Waals surface area contributed by atoms with Crippen molar-refractivity contribution in [2.75, 3.05) is 26.5 Å². The number of benzene rings is 1. The lowest BCUT2D eigenvalue weighted by molar-refractivity contribution is -0.481. The van der Waals surface area contributed by atoms with E-state index in [1.54, 1.807) is 18.2 Å². The molecule has 2 rings (SSSR count). The largest absolute Gasteiger partial charge is 0.497 e. The van der Waals surface area contributed by atoms with Gasteiger partial charge >= 0.3 is 5.69 Å². The van der Waals surface area contributed by atoms with Crippen molar-refractivity contribution in [3.8, 4) is 11.5 Å². The van der Waals surface area contributed by atoms with Gasteiger partial charge < -0.3 is 15.2 Å². The van der Waals surface area contributed by atoms with Crippen molar-refractivity contribution < 1.29 is 14.4 Å². The zero-order valence-corrected chi connectivity index (χ0v) is 14.9. The van der Waals surface area contributed by atoms with Gasteiger partial charge in [0.1, 0.15) is 17.3 Å². The Labute approximate surface area is 148 Å². The highest BCUT2D eigenvalue weighted by molar-refractivity contribution is 5.51. The van der Waals surface area contributed by atoms with E-state index < -0.39 is 28.6 Å². The first-order valence-electron chi connectivity index (χ1n) is 7.62. The molecule has 1 atom stereocenters. The molecule has 0 fully saturated rings. The standard InChI is InChI=1S/C16H20N4O6/c1-18-14(17)13(15(21)19(2)16(18)22)11(8-20(23)24)10-6-5-9(25-3)7-12(10)26-4/h5-7,11H,8,17H2,1-4H3/t11-/m0/s1. The summed E-state index contributed by atoms with van der Waals surface area (Å²) in [7, 11) is 5.57. The van der Waals surface area contributed by atoms with Gasteiger partial charge in [-0.25, -0.2) is 4.79 Å². The average Bonchev–Trinajstić information content (AvgIpc) is 2.63. The predicted molar refractivity (Wildman–Crippen MR) is 94.6 cm³/mol. The molecule has 2 N–H and O–H groups in total. The SMILES string of the molecule is COc1ccc([C@H](C[N+](=O)[O-])c2c(N)n(C)c(=O)n(C)c2=O)c(OC)c1. The van der Waals surface area contributed by atoms with Crippen LogP contribution in [0.5, 0.6) is 11.5 Å². The Bertz CT molecular complexity index is 962. The molecule has 0 radical (unpaired) electrons. The second-order valence-electron chi connectivity index (χ2n) is 5.68. The number of anilines is 1. The number of aromatic nitrogens is 2. The van der Waals surface area contributed by atoms with Crippen molar-refractivity contribution >= 4 is 5.82 Å². The van der Waals surface area contributed by atoms with Crippen molar-refractivity contribution in [2.24, 2.45) is 14.1 Å². The maximum absolute atomic E-state index is 12.7. The quantitative estimate of drug-likeness (QED) is 0.567. The number of hydrogen-bond donors (Lipinski definition) is 1. The molecule has 1 aromatic heterocycles. The molecule has 26 heavy (non-hydrogen) atoms. The molecule has 10 heteroatoms. The number of ether oxygens (including phenoxy) is 2. The smallest absolute Gasteiger partial charge is 0.332 e. The van der Waals surface area contributed by atoms with E-state index in [2.05, 4.69) is 0 Å². The first-order chi connectivity index (χ1) is 12.2. The first kappa shape index (κ1) is 19.0. The van der Waals surface area contributed by atoms with Gasteiger partial charge in [0.2, 0.25) is 6.54 Å². The van der Waals surface area contributed by atoms with Crippen LogP contribution in [0.4, 0.5) is 5.82 Å². The van der Waals surface area contributed by atoms with Crippen LogP contribution in [0.25, 0.3) is 0 Å². The lowest BCUT2D eigenvalue weighted by atomic mass is 9.91.